The number of likely N-dealkylation sites (tertiary alicyclic amines) is 1. The summed E-state index contributed by atoms with van der Waals surface area (Å²) < 4.78 is 0. The van der Waals surface area contributed by atoms with E-state index in [9.17, 15) is 0 Å². The normalized spacial score (nSPS) is 29.7. The summed E-state index contributed by atoms with van der Waals surface area (Å²) in [6.45, 7) is 7.25. The summed E-state index contributed by atoms with van der Waals surface area (Å²) in [4.78, 5) is 5.25. The van der Waals surface area contributed by atoms with Gasteiger partial charge in [-0.3, -0.25) is 4.90 Å². The average Bonchev–Trinajstić information content (AvgIpc) is 3.02. The fourth-order valence-corrected chi connectivity index (χ4v) is 4.12. The molecule has 1 aromatic rings. The maximum Gasteiger partial charge on any atom is 0.0240 e. The van der Waals surface area contributed by atoms with Gasteiger partial charge >= 0.3 is 0 Å². The molecular formula is C17H24N2. The first-order valence-corrected chi connectivity index (χ1v) is 7.69. The monoisotopic (exact) mass is 256 g/mol. The van der Waals surface area contributed by atoms with Gasteiger partial charge in [-0.25, -0.2) is 0 Å². The molecule has 19 heavy (non-hydrogen) atoms. The fourth-order valence-electron chi connectivity index (χ4n) is 4.12. The minimum absolute atomic E-state index is 0.529. The van der Waals surface area contributed by atoms with Crippen molar-refractivity contribution < 1.29 is 0 Å². The van der Waals surface area contributed by atoms with Crippen LogP contribution in [0.1, 0.15) is 36.0 Å². The van der Waals surface area contributed by atoms with Crippen molar-refractivity contribution in [2.24, 2.45) is 0 Å². The predicted octanol–water partition coefficient (Wildman–Crippen LogP) is 2.55. The van der Waals surface area contributed by atoms with Crippen molar-refractivity contribution in [3.05, 3.63) is 34.9 Å². The maximum absolute atomic E-state index is 2.77. The summed E-state index contributed by atoms with van der Waals surface area (Å²) in [5.41, 5.74) is 5.24. The summed E-state index contributed by atoms with van der Waals surface area (Å²) >= 11 is 0. The van der Waals surface area contributed by atoms with Crippen LogP contribution in [0.5, 0.6) is 0 Å². The van der Waals surface area contributed by atoms with Crippen molar-refractivity contribution >= 4 is 0 Å². The zero-order chi connectivity index (χ0) is 13.0. The zero-order valence-electron chi connectivity index (χ0n) is 12.2. The molecule has 1 aliphatic carbocycles. The van der Waals surface area contributed by atoms with Crippen molar-refractivity contribution in [2.45, 2.75) is 44.2 Å². The molecule has 0 N–H and O–H groups in total. The highest BCUT2D eigenvalue weighted by atomic mass is 15.3. The van der Waals surface area contributed by atoms with E-state index in [1.807, 2.05) is 0 Å². The van der Waals surface area contributed by atoms with E-state index < -0.39 is 0 Å². The Hall–Kier alpha value is -0.860. The first-order chi connectivity index (χ1) is 9.16. The van der Waals surface area contributed by atoms with Crippen LogP contribution in [0.15, 0.2) is 18.2 Å². The van der Waals surface area contributed by atoms with Crippen molar-refractivity contribution in [2.75, 3.05) is 26.7 Å². The van der Waals surface area contributed by atoms with E-state index in [1.54, 1.807) is 11.1 Å². The van der Waals surface area contributed by atoms with Gasteiger partial charge in [-0.15, -0.1) is 0 Å². The molecule has 1 spiro atoms. The van der Waals surface area contributed by atoms with Gasteiger partial charge in [0, 0.05) is 31.1 Å². The third-order valence-electron chi connectivity index (χ3n) is 5.45. The topological polar surface area (TPSA) is 6.48 Å². The number of rotatable bonds is 1. The SMILES string of the molecule is Cc1ccc2c(c1)C1(CC1)CN(C1CCN(C)C1)C2. The first-order valence-electron chi connectivity index (χ1n) is 7.69. The molecule has 0 amide bonds. The smallest absolute Gasteiger partial charge is 0.0240 e. The summed E-state index contributed by atoms with van der Waals surface area (Å²) in [6, 6.07) is 7.92. The molecule has 4 rings (SSSR count). The zero-order valence-corrected chi connectivity index (χ0v) is 12.2. The molecular weight excluding hydrogens is 232 g/mol. The van der Waals surface area contributed by atoms with Gasteiger partial charge in [0.1, 0.15) is 0 Å². The molecule has 3 aliphatic rings. The van der Waals surface area contributed by atoms with Crippen molar-refractivity contribution in [1.82, 2.24) is 9.80 Å². The minimum atomic E-state index is 0.529. The Bertz CT molecular complexity index is 504. The number of nitrogens with zero attached hydrogens (tertiary/aromatic N) is 2. The molecule has 1 atom stereocenters. The van der Waals surface area contributed by atoms with E-state index in [2.05, 4.69) is 42.0 Å². The van der Waals surface area contributed by atoms with Crippen molar-refractivity contribution in [3.8, 4) is 0 Å². The van der Waals surface area contributed by atoms with Gasteiger partial charge in [-0.2, -0.15) is 0 Å². The molecule has 0 radical (unpaired) electrons. The molecule has 2 nitrogen and oxygen atoms in total. The van der Waals surface area contributed by atoms with Crippen LogP contribution in [-0.4, -0.2) is 42.5 Å². The second-order valence-electron chi connectivity index (χ2n) is 7.05. The van der Waals surface area contributed by atoms with Crippen LogP contribution in [0.25, 0.3) is 0 Å². The number of fused-ring (bicyclic) bond motifs is 2. The fraction of sp³-hybridized carbons (Fsp3) is 0.647. The summed E-state index contributed by atoms with van der Waals surface area (Å²) in [7, 11) is 2.26. The minimum Gasteiger partial charge on any atom is -0.305 e. The highest BCUT2D eigenvalue weighted by Gasteiger charge is 2.50. The van der Waals surface area contributed by atoms with Gasteiger partial charge in [-0.1, -0.05) is 23.8 Å². The van der Waals surface area contributed by atoms with Crippen LogP contribution in [0.2, 0.25) is 0 Å². The Kier molecular flexibility index (Phi) is 2.55. The van der Waals surface area contributed by atoms with E-state index in [1.165, 1.54) is 51.0 Å². The lowest BCUT2D eigenvalue weighted by atomic mass is 9.85. The summed E-state index contributed by atoms with van der Waals surface area (Å²) in [5.74, 6) is 0. The lowest BCUT2D eigenvalue weighted by molar-refractivity contribution is 0.157. The Balaban J connectivity index is 1.65. The van der Waals surface area contributed by atoms with Gasteiger partial charge in [0.2, 0.25) is 0 Å². The second-order valence-corrected chi connectivity index (χ2v) is 7.05. The lowest BCUT2D eigenvalue weighted by Crippen LogP contribution is -2.45. The van der Waals surface area contributed by atoms with Gasteiger partial charge < -0.3 is 4.90 Å². The molecule has 0 aromatic heterocycles. The van der Waals surface area contributed by atoms with E-state index >= 15 is 0 Å². The van der Waals surface area contributed by atoms with Gasteiger partial charge in [0.15, 0.2) is 0 Å². The van der Waals surface area contributed by atoms with Crippen LogP contribution in [0.4, 0.5) is 0 Å². The molecule has 2 heteroatoms. The molecule has 1 saturated heterocycles. The van der Waals surface area contributed by atoms with Crippen LogP contribution < -0.4 is 0 Å². The average molecular weight is 256 g/mol. The molecule has 2 fully saturated rings. The highest BCUT2D eigenvalue weighted by molar-refractivity contribution is 5.43. The number of hydrogen-bond acceptors (Lipinski definition) is 2. The Labute approximate surface area is 116 Å². The largest absolute Gasteiger partial charge is 0.305 e. The summed E-state index contributed by atoms with van der Waals surface area (Å²) in [6.07, 6.45) is 4.17. The summed E-state index contributed by atoms with van der Waals surface area (Å²) in [5, 5.41) is 0. The van der Waals surface area contributed by atoms with Crippen molar-refractivity contribution in [1.29, 1.82) is 0 Å². The molecule has 1 saturated carbocycles. The molecule has 2 heterocycles. The Morgan fingerprint density at radius 2 is 2.11 bits per heavy atom. The molecule has 1 unspecified atom stereocenters. The van der Waals surface area contributed by atoms with E-state index in [0.717, 1.165) is 6.04 Å². The van der Waals surface area contributed by atoms with Gasteiger partial charge in [-0.05, 0) is 50.9 Å². The molecule has 2 aliphatic heterocycles. The molecule has 0 bridgehead atoms. The first kappa shape index (κ1) is 11.9. The third kappa shape index (κ3) is 1.93. The third-order valence-corrected chi connectivity index (χ3v) is 5.45. The Morgan fingerprint density at radius 3 is 2.79 bits per heavy atom. The van der Waals surface area contributed by atoms with Crippen LogP contribution in [0.3, 0.4) is 0 Å². The number of hydrogen-bond donors (Lipinski definition) is 0. The van der Waals surface area contributed by atoms with E-state index in [-0.39, 0.29) is 0 Å². The maximum atomic E-state index is 2.77. The quantitative estimate of drug-likeness (QED) is 0.762. The number of aryl methyl sites for hydroxylation is 1. The van der Waals surface area contributed by atoms with E-state index in [0.29, 0.717) is 5.41 Å². The Morgan fingerprint density at radius 1 is 1.26 bits per heavy atom. The van der Waals surface area contributed by atoms with Crippen LogP contribution >= 0.6 is 0 Å². The lowest BCUT2D eigenvalue weighted by Gasteiger charge is -2.38. The second kappa shape index (κ2) is 4.07. The molecule has 102 valence electrons. The van der Waals surface area contributed by atoms with Crippen LogP contribution in [0, 0.1) is 6.92 Å². The van der Waals surface area contributed by atoms with Crippen molar-refractivity contribution in [3.63, 3.8) is 0 Å². The highest BCUT2D eigenvalue weighted by Crippen LogP contribution is 2.53. The molecule has 1 aromatic carbocycles. The standard InChI is InChI=1S/C17H24N2/c1-13-3-4-14-10-19(15-5-8-18(2)11-15)12-17(6-7-17)16(14)9-13/h3-4,9,15H,5-8,10-12H2,1-2H3. The predicted molar refractivity (Wildman–Crippen MR) is 78.4 cm³/mol. The van der Waals surface area contributed by atoms with Gasteiger partial charge in [0.05, 0.1) is 0 Å². The number of likely N-dealkylation sites (N-methyl/N-ethyl adjacent to an activating group) is 1. The number of benzene rings is 1. The van der Waals surface area contributed by atoms with Crippen LogP contribution in [-0.2, 0) is 12.0 Å². The van der Waals surface area contributed by atoms with E-state index in [4.69, 9.17) is 0 Å². The van der Waals surface area contributed by atoms with Gasteiger partial charge in [0.25, 0.3) is 0 Å².